The van der Waals surface area contributed by atoms with E-state index in [0.717, 1.165) is 50.1 Å². The third-order valence-electron chi connectivity index (χ3n) is 6.07. The number of carboxylic acids is 1. The van der Waals surface area contributed by atoms with Crippen molar-refractivity contribution in [3.05, 3.63) is 107 Å². The lowest BCUT2D eigenvalue weighted by Crippen LogP contribution is -2.38. The highest BCUT2D eigenvalue weighted by Gasteiger charge is 2.20. The van der Waals surface area contributed by atoms with Crippen LogP contribution in [-0.4, -0.2) is 26.7 Å². The molecule has 6 heteroatoms. The Bertz CT molecular complexity index is 1420. The van der Waals surface area contributed by atoms with Gasteiger partial charge in [0.15, 0.2) is 0 Å². The van der Waals surface area contributed by atoms with Crippen molar-refractivity contribution in [1.29, 1.82) is 0 Å². The van der Waals surface area contributed by atoms with Gasteiger partial charge in [0.2, 0.25) is 0 Å². The van der Waals surface area contributed by atoms with Gasteiger partial charge in [0.05, 0.1) is 0 Å². The van der Waals surface area contributed by atoms with E-state index < -0.39 is 12.0 Å². The molecule has 0 spiro atoms. The van der Waals surface area contributed by atoms with Gasteiger partial charge in [-0.15, -0.1) is 0 Å². The molecule has 1 atom stereocenters. The molecular formula is C27H24ClN3O2. The molecule has 0 unspecified atom stereocenters. The number of benzene rings is 3. The molecule has 0 aliphatic rings. The monoisotopic (exact) mass is 457 g/mol. The highest BCUT2D eigenvalue weighted by molar-refractivity contribution is 6.30. The molecule has 0 aliphatic heterocycles. The molecule has 5 aromatic rings. The summed E-state index contributed by atoms with van der Waals surface area (Å²) in [5, 5.41) is 16.0. The first-order valence-corrected chi connectivity index (χ1v) is 11.3. The first-order valence-electron chi connectivity index (χ1n) is 10.9. The molecule has 2 aromatic heterocycles. The number of halogens is 1. The maximum absolute atomic E-state index is 12.0. The van der Waals surface area contributed by atoms with Gasteiger partial charge in [0, 0.05) is 58.7 Å². The number of rotatable bonds is 8. The number of aliphatic carboxylic acids is 1. The second-order valence-electron chi connectivity index (χ2n) is 8.26. The Morgan fingerprint density at radius 2 is 1.70 bits per heavy atom. The zero-order chi connectivity index (χ0) is 22.8. The highest BCUT2D eigenvalue weighted by atomic mass is 35.5. The van der Waals surface area contributed by atoms with Crippen molar-refractivity contribution < 1.29 is 9.90 Å². The van der Waals surface area contributed by atoms with Crippen molar-refractivity contribution in [1.82, 2.24) is 14.9 Å². The van der Waals surface area contributed by atoms with Crippen LogP contribution < -0.4 is 5.32 Å². The van der Waals surface area contributed by atoms with E-state index in [1.807, 2.05) is 66.9 Å². The molecule has 5 rings (SSSR count). The predicted octanol–water partition coefficient (Wildman–Crippen LogP) is 5.61. The van der Waals surface area contributed by atoms with Crippen LogP contribution in [0.1, 0.15) is 16.7 Å². The van der Waals surface area contributed by atoms with E-state index in [4.69, 9.17) is 11.6 Å². The van der Waals surface area contributed by atoms with Crippen LogP contribution in [0.25, 0.3) is 21.8 Å². The Balaban J connectivity index is 1.37. The topological polar surface area (TPSA) is 70.0 Å². The third kappa shape index (κ3) is 4.51. The van der Waals surface area contributed by atoms with Crippen molar-refractivity contribution in [3.8, 4) is 0 Å². The predicted molar refractivity (Wildman–Crippen MR) is 133 cm³/mol. The Morgan fingerprint density at radius 3 is 2.48 bits per heavy atom. The molecule has 0 fully saturated rings. The van der Waals surface area contributed by atoms with E-state index in [2.05, 4.69) is 33.2 Å². The number of hydrogen-bond donors (Lipinski definition) is 3. The number of carbonyl (C=O) groups is 1. The van der Waals surface area contributed by atoms with Gasteiger partial charge in [-0.25, -0.2) is 0 Å². The second kappa shape index (κ2) is 9.14. The van der Waals surface area contributed by atoms with Gasteiger partial charge in [0.1, 0.15) is 6.04 Å². The van der Waals surface area contributed by atoms with Gasteiger partial charge in [-0.2, -0.15) is 0 Å². The molecule has 0 bridgehead atoms. The number of H-pyrrole nitrogens is 1. The standard InChI is InChI=1S/C27H24ClN3O2/c28-21-11-9-18(10-12-21)16-31-17-20(23-6-2-4-8-26(23)31)15-30-25(27(32)33)13-19-14-29-24-7-3-1-5-22(19)24/h1-12,14,17,25,29-30H,13,15-16H2,(H,32,33)/t25-/m0/s1. The van der Waals surface area contributed by atoms with Crippen LogP contribution in [0, 0.1) is 0 Å². The zero-order valence-corrected chi connectivity index (χ0v) is 18.7. The van der Waals surface area contributed by atoms with Crippen LogP contribution in [0.15, 0.2) is 85.2 Å². The molecule has 0 saturated heterocycles. The molecule has 166 valence electrons. The number of hydrogen-bond acceptors (Lipinski definition) is 2. The first kappa shape index (κ1) is 21.3. The zero-order valence-electron chi connectivity index (χ0n) is 18.0. The van der Waals surface area contributed by atoms with E-state index in [1.165, 1.54) is 0 Å². The molecule has 2 heterocycles. The summed E-state index contributed by atoms with van der Waals surface area (Å²) in [4.78, 5) is 15.3. The minimum Gasteiger partial charge on any atom is -0.480 e. The van der Waals surface area contributed by atoms with Gasteiger partial charge in [0.25, 0.3) is 0 Å². The van der Waals surface area contributed by atoms with E-state index in [1.54, 1.807) is 0 Å². The molecule has 0 saturated carbocycles. The summed E-state index contributed by atoms with van der Waals surface area (Å²) in [7, 11) is 0. The molecule has 0 radical (unpaired) electrons. The van der Waals surface area contributed by atoms with Crippen molar-refractivity contribution in [2.24, 2.45) is 0 Å². The van der Waals surface area contributed by atoms with E-state index >= 15 is 0 Å². The average Bonchev–Trinajstić information content (AvgIpc) is 3.39. The fourth-order valence-electron chi connectivity index (χ4n) is 4.38. The summed E-state index contributed by atoms with van der Waals surface area (Å²) < 4.78 is 2.20. The summed E-state index contributed by atoms with van der Waals surface area (Å²) in [6, 6.07) is 23.3. The number of aromatic nitrogens is 2. The SMILES string of the molecule is O=C(O)[C@H](Cc1c[nH]c2ccccc12)NCc1cn(Cc2ccc(Cl)cc2)c2ccccc12. The lowest BCUT2D eigenvalue weighted by Gasteiger charge is -2.14. The largest absolute Gasteiger partial charge is 0.480 e. The van der Waals surface area contributed by atoms with Crippen molar-refractivity contribution >= 4 is 39.4 Å². The van der Waals surface area contributed by atoms with Crippen molar-refractivity contribution in [2.75, 3.05) is 0 Å². The van der Waals surface area contributed by atoms with Gasteiger partial charge < -0.3 is 14.7 Å². The Kier molecular flexibility index (Phi) is 5.90. The van der Waals surface area contributed by atoms with Crippen LogP contribution in [0.3, 0.4) is 0 Å². The van der Waals surface area contributed by atoms with Crippen LogP contribution in [0.5, 0.6) is 0 Å². The lowest BCUT2D eigenvalue weighted by atomic mass is 10.0. The smallest absolute Gasteiger partial charge is 0.321 e. The quantitative estimate of drug-likeness (QED) is 0.283. The third-order valence-corrected chi connectivity index (χ3v) is 6.33. The van der Waals surface area contributed by atoms with E-state index in [-0.39, 0.29) is 0 Å². The number of carboxylic acid groups (broad SMARTS) is 1. The molecule has 0 amide bonds. The normalized spacial score (nSPS) is 12.4. The fraction of sp³-hybridized carbons (Fsp3) is 0.148. The van der Waals surface area contributed by atoms with Gasteiger partial charge >= 0.3 is 5.97 Å². The second-order valence-corrected chi connectivity index (χ2v) is 8.70. The molecule has 3 aromatic carbocycles. The van der Waals surface area contributed by atoms with Crippen LogP contribution in [0.4, 0.5) is 0 Å². The minimum atomic E-state index is -0.856. The maximum Gasteiger partial charge on any atom is 0.321 e. The number of nitrogens with zero attached hydrogens (tertiary/aromatic N) is 1. The van der Waals surface area contributed by atoms with E-state index in [0.29, 0.717) is 13.0 Å². The Morgan fingerprint density at radius 1 is 0.970 bits per heavy atom. The summed E-state index contributed by atoms with van der Waals surface area (Å²) in [6.07, 6.45) is 4.42. The molecule has 5 nitrogen and oxygen atoms in total. The number of nitrogens with one attached hydrogen (secondary N) is 2. The lowest BCUT2D eigenvalue weighted by molar-refractivity contribution is -0.139. The number of aromatic amines is 1. The molecule has 3 N–H and O–H groups in total. The number of fused-ring (bicyclic) bond motifs is 2. The van der Waals surface area contributed by atoms with Crippen LogP contribution >= 0.6 is 11.6 Å². The number of para-hydroxylation sites is 2. The highest BCUT2D eigenvalue weighted by Crippen LogP contribution is 2.24. The average molecular weight is 458 g/mol. The summed E-state index contributed by atoms with van der Waals surface area (Å²) in [6.45, 7) is 1.18. The van der Waals surface area contributed by atoms with Gasteiger partial charge in [-0.05, 0) is 41.0 Å². The molecule has 33 heavy (non-hydrogen) atoms. The van der Waals surface area contributed by atoms with E-state index in [9.17, 15) is 9.90 Å². The molecule has 0 aliphatic carbocycles. The summed E-state index contributed by atoms with van der Waals surface area (Å²) in [5.74, 6) is -0.856. The molecular weight excluding hydrogens is 434 g/mol. The van der Waals surface area contributed by atoms with Crippen LogP contribution in [-0.2, 0) is 24.3 Å². The summed E-state index contributed by atoms with van der Waals surface area (Å²) in [5.41, 5.74) is 5.36. The summed E-state index contributed by atoms with van der Waals surface area (Å²) >= 11 is 6.03. The minimum absolute atomic E-state index is 0.406. The van der Waals surface area contributed by atoms with Crippen LogP contribution in [0.2, 0.25) is 5.02 Å². The van der Waals surface area contributed by atoms with Gasteiger partial charge in [-0.3, -0.25) is 10.1 Å². The maximum atomic E-state index is 12.0. The van der Waals surface area contributed by atoms with Gasteiger partial charge in [-0.1, -0.05) is 60.1 Å². The Hall–Kier alpha value is -3.54. The van der Waals surface area contributed by atoms with Crippen molar-refractivity contribution in [2.45, 2.75) is 25.6 Å². The Labute approximate surface area is 196 Å². The first-order chi connectivity index (χ1) is 16.1. The van der Waals surface area contributed by atoms with Crippen molar-refractivity contribution in [3.63, 3.8) is 0 Å². The fourth-order valence-corrected chi connectivity index (χ4v) is 4.51.